The second-order valence-corrected chi connectivity index (χ2v) is 4.10. The molecule has 2 rings (SSSR count). The predicted molar refractivity (Wildman–Crippen MR) is 56.0 cm³/mol. The van der Waals surface area contributed by atoms with E-state index in [4.69, 9.17) is 5.26 Å². The first-order chi connectivity index (χ1) is 8.08. The summed E-state index contributed by atoms with van der Waals surface area (Å²) < 4.78 is 26.3. The molecule has 1 fully saturated rings. The van der Waals surface area contributed by atoms with Crippen molar-refractivity contribution in [3.8, 4) is 6.07 Å². The maximum atomic E-state index is 13.3. The van der Waals surface area contributed by atoms with Crippen LogP contribution < -0.4 is 5.32 Å². The van der Waals surface area contributed by atoms with Gasteiger partial charge in [0.15, 0.2) is 11.6 Å². The fourth-order valence-electron chi connectivity index (χ4n) is 1.76. The zero-order valence-electron chi connectivity index (χ0n) is 8.96. The van der Waals surface area contributed by atoms with Crippen LogP contribution in [0, 0.1) is 23.0 Å². The smallest absolute Gasteiger partial charge is 0.255 e. The molecule has 0 unspecified atom stereocenters. The van der Waals surface area contributed by atoms with Gasteiger partial charge in [-0.15, -0.1) is 0 Å². The molecule has 1 aromatic rings. The van der Waals surface area contributed by atoms with Crippen molar-refractivity contribution in [3.05, 3.63) is 35.4 Å². The first kappa shape index (κ1) is 11.5. The van der Waals surface area contributed by atoms with Gasteiger partial charge < -0.3 is 5.32 Å². The average molecular weight is 236 g/mol. The highest BCUT2D eigenvalue weighted by Gasteiger charge is 2.39. The molecule has 0 radical (unpaired) electrons. The van der Waals surface area contributed by atoms with Crippen LogP contribution in [0.5, 0.6) is 0 Å². The van der Waals surface area contributed by atoms with Crippen LogP contribution in [0.25, 0.3) is 0 Å². The Morgan fingerprint density at radius 3 is 2.65 bits per heavy atom. The molecule has 0 heterocycles. The maximum Gasteiger partial charge on any atom is 0.255 e. The number of carbonyl (C=O) groups excluding carboxylic acids is 1. The molecule has 0 bridgehead atoms. The predicted octanol–water partition coefficient (Wildman–Crippen LogP) is 2.14. The van der Waals surface area contributed by atoms with E-state index in [1.807, 2.05) is 6.07 Å². The van der Waals surface area contributed by atoms with Crippen molar-refractivity contribution in [3.63, 3.8) is 0 Å². The van der Waals surface area contributed by atoms with Crippen LogP contribution in [0.3, 0.4) is 0 Å². The minimum absolute atomic E-state index is 0.369. The van der Waals surface area contributed by atoms with Gasteiger partial charge in [0.05, 0.1) is 11.6 Å². The molecule has 3 nitrogen and oxygen atoms in total. The van der Waals surface area contributed by atoms with Crippen molar-refractivity contribution in [2.75, 3.05) is 0 Å². The van der Waals surface area contributed by atoms with E-state index < -0.39 is 23.1 Å². The van der Waals surface area contributed by atoms with Crippen molar-refractivity contribution in [1.82, 2.24) is 5.32 Å². The van der Waals surface area contributed by atoms with Gasteiger partial charge in [-0.3, -0.25) is 4.79 Å². The van der Waals surface area contributed by atoms with Crippen LogP contribution in [0.1, 0.15) is 29.6 Å². The molecule has 17 heavy (non-hydrogen) atoms. The van der Waals surface area contributed by atoms with Crippen LogP contribution in [0.4, 0.5) is 8.78 Å². The summed E-state index contributed by atoms with van der Waals surface area (Å²) in [5.74, 6) is -3.00. The second kappa shape index (κ2) is 4.13. The Labute approximate surface area is 97.1 Å². The normalized spacial score (nSPS) is 16.8. The Morgan fingerprint density at radius 2 is 2.12 bits per heavy atom. The van der Waals surface area contributed by atoms with E-state index in [2.05, 4.69) is 5.32 Å². The van der Waals surface area contributed by atoms with E-state index in [1.54, 1.807) is 0 Å². The number of amides is 1. The van der Waals surface area contributed by atoms with E-state index in [-0.39, 0.29) is 5.56 Å². The topological polar surface area (TPSA) is 52.9 Å². The summed E-state index contributed by atoms with van der Waals surface area (Å²) in [4.78, 5) is 11.7. The number of nitrogens with zero attached hydrogens (tertiary/aromatic N) is 1. The Balaban J connectivity index is 2.21. The zero-order chi connectivity index (χ0) is 12.5. The summed E-state index contributed by atoms with van der Waals surface area (Å²) in [7, 11) is 0. The number of hydrogen-bond acceptors (Lipinski definition) is 2. The van der Waals surface area contributed by atoms with Crippen molar-refractivity contribution < 1.29 is 13.6 Å². The molecule has 1 amide bonds. The molecular formula is C12H10F2N2O. The molecule has 1 aliphatic rings. The summed E-state index contributed by atoms with van der Waals surface area (Å²) in [6, 6.07) is 5.39. The SMILES string of the molecule is N#CC1(NC(=O)c2cccc(F)c2F)CCC1. The molecule has 1 aliphatic carbocycles. The van der Waals surface area contributed by atoms with E-state index in [9.17, 15) is 13.6 Å². The number of nitriles is 1. The van der Waals surface area contributed by atoms with Gasteiger partial charge in [0, 0.05) is 0 Å². The van der Waals surface area contributed by atoms with Crippen LogP contribution >= 0.6 is 0 Å². The van der Waals surface area contributed by atoms with Crippen molar-refractivity contribution in [2.24, 2.45) is 0 Å². The molecule has 88 valence electrons. The quantitative estimate of drug-likeness (QED) is 0.855. The highest BCUT2D eigenvalue weighted by atomic mass is 19.2. The number of halogens is 2. The highest BCUT2D eigenvalue weighted by Crippen LogP contribution is 2.31. The average Bonchev–Trinajstić information content (AvgIpc) is 2.27. The standard InChI is InChI=1S/C12H10F2N2O/c13-9-4-1-3-8(10(9)14)11(17)16-12(7-15)5-2-6-12/h1,3-4H,2,5-6H2,(H,16,17). The molecule has 0 spiro atoms. The second-order valence-electron chi connectivity index (χ2n) is 4.10. The third kappa shape index (κ3) is 1.98. The van der Waals surface area contributed by atoms with Gasteiger partial charge in [0.1, 0.15) is 5.54 Å². The number of nitrogens with one attached hydrogen (secondary N) is 1. The minimum atomic E-state index is -1.18. The lowest BCUT2D eigenvalue weighted by Gasteiger charge is -2.35. The fourth-order valence-corrected chi connectivity index (χ4v) is 1.76. The minimum Gasteiger partial charge on any atom is -0.334 e. The number of hydrogen-bond donors (Lipinski definition) is 1. The monoisotopic (exact) mass is 236 g/mol. The lowest BCUT2D eigenvalue weighted by Crippen LogP contribution is -2.52. The summed E-state index contributed by atoms with van der Waals surface area (Å²) in [6.45, 7) is 0. The van der Waals surface area contributed by atoms with Crippen LogP contribution in [0.2, 0.25) is 0 Å². The van der Waals surface area contributed by atoms with E-state index in [0.29, 0.717) is 12.8 Å². The lowest BCUT2D eigenvalue weighted by atomic mass is 9.78. The molecule has 0 saturated heterocycles. The summed E-state index contributed by atoms with van der Waals surface area (Å²) in [5, 5.41) is 11.4. The van der Waals surface area contributed by atoms with Crippen molar-refractivity contribution >= 4 is 5.91 Å². The Bertz CT molecular complexity index is 504. The van der Waals surface area contributed by atoms with Gasteiger partial charge >= 0.3 is 0 Å². The highest BCUT2D eigenvalue weighted by molar-refractivity contribution is 5.95. The third-order valence-electron chi connectivity index (χ3n) is 2.97. The molecule has 5 heteroatoms. The molecular weight excluding hydrogens is 226 g/mol. The molecule has 1 saturated carbocycles. The molecule has 0 aromatic heterocycles. The van der Waals surface area contributed by atoms with Gasteiger partial charge in [-0.25, -0.2) is 8.78 Å². The first-order valence-electron chi connectivity index (χ1n) is 5.26. The van der Waals surface area contributed by atoms with E-state index in [1.165, 1.54) is 12.1 Å². The van der Waals surface area contributed by atoms with Crippen LogP contribution in [0.15, 0.2) is 18.2 Å². The maximum absolute atomic E-state index is 13.3. The Hall–Kier alpha value is -1.96. The fraction of sp³-hybridized carbons (Fsp3) is 0.333. The number of carbonyl (C=O) groups is 1. The van der Waals surface area contributed by atoms with Crippen LogP contribution in [-0.2, 0) is 0 Å². The van der Waals surface area contributed by atoms with Gasteiger partial charge in [-0.1, -0.05) is 6.07 Å². The largest absolute Gasteiger partial charge is 0.334 e. The molecule has 1 aromatic carbocycles. The van der Waals surface area contributed by atoms with Gasteiger partial charge in [-0.2, -0.15) is 5.26 Å². The third-order valence-corrected chi connectivity index (χ3v) is 2.97. The van der Waals surface area contributed by atoms with Crippen LogP contribution in [-0.4, -0.2) is 11.4 Å². The zero-order valence-corrected chi connectivity index (χ0v) is 8.96. The molecule has 0 atom stereocenters. The summed E-state index contributed by atoms with van der Waals surface area (Å²) in [6.07, 6.45) is 1.94. The Morgan fingerprint density at radius 1 is 1.41 bits per heavy atom. The van der Waals surface area contributed by atoms with Crippen molar-refractivity contribution in [1.29, 1.82) is 5.26 Å². The van der Waals surface area contributed by atoms with E-state index in [0.717, 1.165) is 12.5 Å². The number of benzene rings is 1. The summed E-state index contributed by atoms with van der Waals surface area (Å²) in [5.41, 5.74) is -1.28. The molecule has 1 N–H and O–H groups in total. The van der Waals surface area contributed by atoms with Crippen molar-refractivity contribution in [2.45, 2.75) is 24.8 Å². The van der Waals surface area contributed by atoms with Gasteiger partial charge in [0.25, 0.3) is 5.91 Å². The Kier molecular flexibility index (Phi) is 2.80. The van der Waals surface area contributed by atoms with Gasteiger partial charge in [0.2, 0.25) is 0 Å². The number of rotatable bonds is 2. The van der Waals surface area contributed by atoms with E-state index >= 15 is 0 Å². The lowest BCUT2D eigenvalue weighted by molar-refractivity contribution is 0.0876. The first-order valence-corrected chi connectivity index (χ1v) is 5.26. The van der Waals surface area contributed by atoms with Gasteiger partial charge in [-0.05, 0) is 31.4 Å². The molecule has 0 aliphatic heterocycles. The summed E-state index contributed by atoms with van der Waals surface area (Å²) >= 11 is 0.